The first-order valence-corrected chi connectivity index (χ1v) is 6.08. The Morgan fingerprint density at radius 3 is 2.47 bits per heavy atom. The summed E-state index contributed by atoms with van der Waals surface area (Å²) >= 11 is 1.47. The van der Waals surface area contributed by atoms with Gasteiger partial charge < -0.3 is 4.90 Å². The van der Waals surface area contributed by atoms with Gasteiger partial charge in [0.1, 0.15) is 0 Å². The smallest absolute Gasteiger partial charge is 0.239 e. The van der Waals surface area contributed by atoms with Crippen molar-refractivity contribution in [2.45, 2.75) is 23.5 Å². The fourth-order valence-corrected chi connectivity index (χ4v) is 2.56. The van der Waals surface area contributed by atoms with Crippen LogP contribution < -0.4 is 0 Å². The van der Waals surface area contributed by atoms with E-state index < -0.39 is 4.75 Å². The standard InChI is InChI=1S/C12H16N2O2S/c1-12(2,11(15)14(3)9-13-16)17-10-7-5-4-6-8-10/h4-8H,9H2,1-3H3. The third-order valence-corrected chi connectivity index (χ3v) is 3.44. The van der Waals surface area contributed by atoms with Crippen LogP contribution in [-0.4, -0.2) is 29.3 Å². The number of benzene rings is 1. The van der Waals surface area contributed by atoms with Gasteiger partial charge in [-0.2, -0.15) is 0 Å². The highest BCUT2D eigenvalue weighted by Gasteiger charge is 2.31. The maximum atomic E-state index is 12.1. The van der Waals surface area contributed by atoms with Gasteiger partial charge in [-0.3, -0.25) is 4.79 Å². The molecule has 0 aliphatic heterocycles. The fraction of sp³-hybridized carbons (Fsp3) is 0.417. The SMILES string of the molecule is CN(CN=O)C(=O)C(C)(C)Sc1ccccc1. The Morgan fingerprint density at radius 2 is 1.94 bits per heavy atom. The number of carbonyl (C=O) groups is 1. The molecule has 0 saturated carbocycles. The summed E-state index contributed by atoms with van der Waals surface area (Å²) in [5.74, 6) is -0.106. The molecule has 0 heterocycles. The maximum absolute atomic E-state index is 12.1. The summed E-state index contributed by atoms with van der Waals surface area (Å²) in [6.07, 6.45) is 0. The Morgan fingerprint density at radius 1 is 1.35 bits per heavy atom. The van der Waals surface area contributed by atoms with Crippen molar-refractivity contribution in [3.63, 3.8) is 0 Å². The number of carbonyl (C=O) groups excluding carboxylic acids is 1. The van der Waals surface area contributed by atoms with Crippen LogP contribution in [0.3, 0.4) is 0 Å². The lowest BCUT2D eigenvalue weighted by Crippen LogP contribution is -2.41. The van der Waals surface area contributed by atoms with Crippen LogP contribution in [0.4, 0.5) is 0 Å². The monoisotopic (exact) mass is 252 g/mol. The molecule has 0 saturated heterocycles. The number of rotatable bonds is 5. The van der Waals surface area contributed by atoms with Gasteiger partial charge in [-0.15, -0.1) is 16.7 Å². The van der Waals surface area contributed by atoms with Crippen molar-refractivity contribution in [3.05, 3.63) is 35.2 Å². The summed E-state index contributed by atoms with van der Waals surface area (Å²) in [5.41, 5.74) is 0. The second-order valence-corrected chi connectivity index (χ2v) is 5.90. The zero-order valence-corrected chi connectivity index (χ0v) is 11.0. The zero-order chi connectivity index (χ0) is 12.9. The molecule has 1 aromatic carbocycles. The summed E-state index contributed by atoms with van der Waals surface area (Å²) in [6.45, 7) is 3.57. The van der Waals surface area contributed by atoms with Crippen molar-refractivity contribution in [2.24, 2.45) is 5.18 Å². The van der Waals surface area contributed by atoms with Gasteiger partial charge in [0.05, 0.1) is 4.75 Å². The van der Waals surface area contributed by atoms with Gasteiger partial charge in [0.15, 0.2) is 6.67 Å². The summed E-state index contributed by atoms with van der Waals surface area (Å²) in [6, 6.07) is 9.70. The average molecular weight is 252 g/mol. The topological polar surface area (TPSA) is 49.7 Å². The molecule has 0 radical (unpaired) electrons. The van der Waals surface area contributed by atoms with E-state index in [1.54, 1.807) is 7.05 Å². The van der Waals surface area contributed by atoms with E-state index in [0.717, 1.165) is 4.90 Å². The van der Waals surface area contributed by atoms with Crippen molar-refractivity contribution in [2.75, 3.05) is 13.7 Å². The molecule has 0 bridgehead atoms. The van der Waals surface area contributed by atoms with Gasteiger partial charge in [-0.1, -0.05) is 18.2 Å². The number of nitrogens with zero attached hydrogens (tertiary/aromatic N) is 2. The van der Waals surface area contributed by atoms with Crippen LogP contribution in [0.15, 0.2) is 40.4 Å². The lowest BCUT2D eigenvalue weighted by molar-refractivity contribution is -0.131. The molecule has 92 valence electrons. The molecule has 0 aliphatic carbocycles. The van der Waals surface area contributed by atoms with Crippen molar-refractivity contribution >= 4 is 17.7 Å². The summed E-state index contributed by atoms with van der Waals surface area (Å²) in [4.78, 5) is 24.6. The van der Waals surface area contributed by atoms with Crippen LogP contribution in [0, 0.1) is 4.91 Å². The Balaban J connectivity index is 2.74. The fourth-order valence-electron chi connectivity index (χ4n) is 1.44. The number of amides is 1. The number of hydrogen-bond donors (Lipinski definition) is 0. The highest BCUT2D eigenvalue weighted by atomic mass is 32.2. The van der Waals surface area contributed by atoms with E-state index in [1.165, 1.54) is 16.7 Å². The molecule has 1 amide bonds. The van der Waals surface area contributed by atoms with Gasteiger partial charge in [0, 0.05) is 11.9 Å². The lowest BCUT2D eigenvalue weighted by atomic mass is 10.2. The molecule has 0 unspecified atom stereocenters. The third kappa shape index (κ3) is 3.85. The molecule has 1 aromatic rings. The normalized spacial score (nSPS) is 11.0. The van der Waals surface area contributed by atoms with Crippen LogP contribution in [0.1, 0.15) is 13.8 Å². The van der Waals surface area contributed by atoms with E-state index in [-0.39, 0.29) is 12.6 Å². The predicted molar refractivity (Wildman–Crippen MR) is 69.8 cm³/mol. The summed E-state index contributed by atoms with van der Waals surface area (Å²) < 4.78 is -0.610. The van der Waals surface area contributed by atoms with Crippen molar-refractivity contribution < 1.29 is 4.79 Å². The molecule has 0 aliphatic rings. The first-order valence-electron chi connectivity index (χ1n) is 5.26. The molecule has 0 spiro atoms. The van der Waals surface area contributed by atoms with Gasteiger partial charge in [-0.25, -0.2) is 0 Å². The largest absolute Gasteiger partial charge is 0.322 e. The lowest BCUT2D eigenvalue weighted by Gasteiger charge is -2.27. The van der Waals surface area contributed by atoms with E-state index in [9.17, 15) is 9.70 Å². The second-order valence-electron chi connectivity index (χ2n) is 4.20. The molecule has 0 atom stereocenters. The van der Waals surface area contributed by atoms with Gasteiger partial charge >= 0.3 is 0 Å². The molecule has 17 heavy (non-hydrogen) atoms. The van der Waals surface area contributed by atoms with E-state index in [2.05, 4.69) is 5.18 Å². The molecule has 4 nitrogen and oxygen atoms in total. The third-order valence-electron chi connectivity index (χ3n) is 2.25. The number of thioether (sulfide) groups is 1. The Bertz CT molecular complexity index is 393. The van der Waals surface area contributed by atoms with Crippen LogP contribution in [0.2, 0.25) is 0 Å². The number of nitroso groups, excluding NO2 is 1. The van der Waals surface area contributed by atoms with E-state index in [1.807, 2.05) is 44.2 Å². The zero-order valence-electron chi connectivity index (χ0n) is 10.2. The van der Waals surface area contributed by atoms with Crippen molar-refractivity contribution in [3.8, 4) is 0 Å². The first kappa shape index (κ1) is 13.7. The van der Waals surface area contributed by atoms with Crippen molar-refractivity contribution in [1.29, 1.82) is 0 Å². The molecular formula is C12H16N2O2S. The summed E-state index contributed by atoms with van der Waals surface area (Å²) in [7, 11) is 1.58. The van der Waals surface area contributed by atoms with E-state index in [0.29, 0.717) is 0 Å². The maximum Gasteiger partial charge on any atom is 0.239 e. The first-order chi connectivity index (χ1) is 7.97. The van der Waals surface area contributed by atoms with Crippen LogP contribution >= 0.6 is 11.8 Å². The minimum atomic E-state index is -0.610. The minimum absolute atomic E-state index is 0.106. The van der Waals surface area contributed by atoms with Gasteiger partial charge in [-0.05, 0) is 31.2 Å². The van der Waals surface area contributed by atoms with Crippen LogP contribution in [0.25, 0.3) is 0 Å². The van der Waals surface area contributed by atoms with Crippen LogP contribution in [0.5, 0.6) is 0 Å². The number of hydrogen-bond acceptors (Lipinski definition) is 4. The Hall–Kier alpha value is -1.36. The molecule has 0 N–H and O–H groups in total. The highest BCUT2D eigenvalue weighted by molar-refractivity contribution is 8.01. The predicted octanol–water partition coefficient (Wildman–Crippen LogP) is 2.74. The Labute approximate surface area is 105 Å². The Kier molecular flexibility index (Phi) is 4.69. The highest BCUT2D eigenvalue weighted by Crippen LogP contribution is 2.33. The minimum Gasteiger partial charge on any atom is -0.322 e. The van der Waals surface area contributed by atoms with Gasteiger partial charge in [0.2, 0.25) is 5.91 Å². The molecule has 5 heteroatoms. The summed E-state index contributed by atoms with van der Waals surface area (Å²) in [5, 5.41) is 2.72. The molecule has 0 fully saturated rings. The molecule has 1 rings (SSSR count). The quantitative estimate of drug-likeness (QED) is 0.598. The van der Waals surface area contributed by atoms with Crippen molar-refractivity contribution in [1.82, 2.24) is 4.90 Å². The van der Waals surface area contributed by atoms with Gasteiger partial charge in [0.25, 0.3) is 0 Å². The van der Waals surface area contributed by atoms with E-state index in [4.69, 9.17) is 0 Å². The molecule has 0 aromatic heterocycles. The second kappa shape index (κ2) is 5.82. The molecular weight excluding hydrogens is 236 g/mol. The average Bonchev–Trinajstić information content (AvgIpc) is 2.29. The van der Waals surface area contributed by atoms with Crippen LogP contribution in [-0.2, 0) is 4.79 Å². The van der Waals surface area contributed by atoms with E-state index >= 15 is 0 Å².